The SMILES string of the molecule is O=C(N[C@@H](CO)Cc1ccc(F)cc1)c1cccnc1C(F)(F)F. The maximum atomic E-state index is 12.9. The van der Waals surface area contributed by atoms with Gasteiger partial charge in [0.05, 0.1) is 18.2 Å². The van der Waals surface area contributed by atoms with Crippen molar-refractivity contribution >= 4 is 5.91 Å². The van der Waals surface area contributed by atoms with Gasteiger partial charge in [0.2, 0.25) is 0 Å². The fourth-order valence-corrected chi connectivity index (χ4v) is 2.14. The van der Waals surface area contributed by atoms with Gasteiger partial charge < -0.3 is 10.4 Å². The van der Waals surface area contributed by atoms with Gasteiger partial charge in [-0.3, -0.25) is 9.78 Å². The fourth-order valence-electron chi connectivity index (χ4n) is 2.14. The molecule has 128 valence electrons. The summed E-state index contributed by atoms with van der Waals surface area (Å²) in [6.45, 7) is -0.481. The first-order chi connectivity index (χ1) is 11.3. The average molecular weight is 342 g/mol. The fraction of sp³-hybridized carbons (Fsp3) is 0.250. The summed E-state index contributed by atoms with van der Waals surface area (Å²) in [4.78, 5) is 15.3. The number of carbonyl (C=O) groups excluding carboxylic acids is 1. The molecule has 1 heterocycles. The van der Waals surface area contributed by atoms with E-state index in [1.165, 1.54) is 30.3 Å². The summed E-state index contributed by atoms with van der Waals surface area (Å²) in [6.07, 6.45) is -3.68. The van der Waals surface area contributed by atoms with Crippen LogP contribution in [-0.2, 0) is 12.6 Å². The van der Waals surface area contributed by atoms with Crippen molar-refractivity contribution in [1.82, 2.24) is 10.3 Å². The van der Waals surface area contributed by atoms with E-state index < -0.39 is 41.8 Å². The predicted octanol–water partition coefficient (Wildman–Crippen LogP) is 2.57. The van der Waals surface area contributed by atoms with Crippen LogP contribution in [0.4, 0.5) is 17.6 Å². The Morgan fingerprint density at radius 1 is 1.21 bits per heavy atom. The van der Waals surface area contributed by atoms with Gasteiger partial charge in [-0.2, -0.15) is 13.2 Å². The lowest BCUT2D eigenvalue weighted by molar-refractivity contribution is -0.141. The van der Waals surface area contributed by atoms with Crippen LogP contribution in [0.3, 0.4) is 0 Å². The number of pyridine rings is 1. The van der Waals surface area contributed by atoms with Crippen molar-refractivity contribution in [3.63, 3.8) is 0 Å². The van der Waals surface area contributed by atoms with E-state index in [-0.39, 0.29) is 6.42 Å². The van der Waals surface area contributed by atoms with E-state index in [0.29, 0.717) is 5.56 Å². The number of carbonyl (C=O) groups is 1. The third-order valence-electron chi connectivity index (χ3n) is 3.27. The van der Waals surface area contributed by atoms with E-state index in [2.05, 4.69) is 10.3 Å². The van der Waals surface area contributed by atoms with Crippen LogP contribution in [0.5, 0.6) is 0 Å². The molecular formula is C16H14F4N2O2. The van der Waals surface area contributed by atoms with Gasteiger partial charge in [0.25, 0.3) is 5.91 Å². The maximum absolute atomic E-state index is 12.9. The molecule has 0 aliphatic heterocycles. The van der Waals surface area contributed by atoms with Gasteiger partial charge in [0.15, 0.2) is 5.69 Å². The molecule has 4 nitrogen and oxygen atoms in total. The molecule has 1 aromatic carbocycles. The van der Waals surface area contributed by atoms with Crippen LogP contribution in [0.1, 0.15) is 21.6 Å². The second-order valence-corrected chi connectivity index (χ2v) is 5.08. The van der Waals surface area contributed by atoms with Gasteiger partial charge in [-0.1, -0.05) is 12.1 Å². The van der Waals surface area contributed by atoms with Crippen molar-refractivity contribution < 1.29 is 27.5 Å². The molecule has 8 heteroatoms. The highest BCUT2D eigenvalue weighted by Crippen LogP contribution is 2.30. The van der Waals surface area contributed by atoms with E-state index >= 15 is 0 Å². The number of nitrogens with one attached hydrogen (secondary N) is 1. The third-order valence-corrected chi connectivity index (χ3v) is 3.27. The second kappa shape index (κ2) is 7.39. The number of hydrogen-bond donors (Lipinski definition) is 2. The lowest BCUT2D eigenvalue weighted by Crippen LogP contribution is -2.40. The van der Waals surface area contributed by atoms with Crippen molar-refractivity contribution in [2.75, 3.05) is 6.61 Å². The number of amides is 1. The van der Waals surface area contributed by atoms with Gasteiger partial charge in [0, 0.05) is 6.20 Å². The number of hydrogen-bond acceptors (Lipinski definition) is 3. The molecule has 0 spiro atoms. The molecule has 0 bridgehead atoms. The highest BCUT2D eigenvalue weighted by molar-refractivity contribution is 5.95. The highest BCUT2D eigenvalue weighted by Gasteiger charge is 2.37. The monoisotopic (exact) mass is 342 g/mol. The number of benzene rings is 1. The van der Waals surface area contributed by atoms with Crippen LogP contribution in [-0.4, -0.2) is 28.6 Å². The van der Waals surface area contributed by atoms with Crippen LogP contribution >= 0.6 is 0 Å². The molecule has 1 amide bonds. The Balaban J connectivity index is 2.14. The number of aliphatic hydroxyl groups is 1. The van der Waals surface area contributed by atoms with Gasteiger partial charge in [-0.05, 0) is 36.2 Å². The molecule has 0 saturated carbocycles. The molecular weight excluding hydrogens is 328 g/mol. The second-order valence-electron chi connectivity index (χ2n) is 5.08. The third kappa shape index (κ3) is 4.51. The number of aliphatic hydroxyl groups excluding tert-OH is 1. The first-order valence-corrected chi connectivity index (χ1v) is 6.99. The van der Waals surface area contributed by atoms with Crippen molar-refractivity contribution in [3.05, 3.63) is 65.2 Å². The molecule has 2 aromatic rings. The number of nitrogens with zero attached hydrogens (tertiary/aromatic N) is 1. The summed E-state index contributed by atoms with van der Waals surface area (Å²) in [6, 6.07) is 6.78. The lowest BCUT2D eigenvalue weighted by Gasteiger charge is -2.18. The summed E-state index contributed by atoms with van der Waals surface area (Å²) >= 11 is 0. The number of rotatable bonds is 5. The topological polar surface area (TPSA) is 62.2 Å². The zero-order valence-corrected chi connectivity index (χ0v) is 12.3. The Kier molecular flexibility index (Phi) is 5.50. The maximum Gasteiger partial charge on any atom is 0.434 e. The Labute approximate surface area is 135 Å². The molecule has 1 aromatic heterocycles. The normalized spacial score (nSPS) is 12.7. The molecule has 0 unspecified atom stereocenters. The van der Waals surface area contributed by atoms with E-state index in [1.807, 2.05) is 0 Å². The van der Waals surface area contributed by atoms with Gasteiger partial charge in [0.1, 0.15) is 5.82 Å². The van der Waals surface area contributed by atoms with Gasteiger partial charge in [-0.25, -0.2) is 4.39 Å². The lowest BCUT2D eigenvalue weighted by atomic mass is 10.1. The molecule has 0 radical (unpaired) electrons. The van der Waals surface area contributed by atoms with E-state index in [1.54, 1.807) is 0 Å². The minimum Gasteiger partial charge on any atom is -0.394 e. The minimum atomic E-state index is -4.76. The average Bonchev–Trinajstić information content (AvgIpc) is 2.55. The smallest absolute Gasteiger partial charge is 0.394 e. The quantitative estimate of drug-likeness (QED) is 0.821. The zero-order chi connectivity index (χ0) is 17.7. The standard InChI is InChI=1S/C16H14F4N2O2/c17-11-5-3-10(4-6-11)8-12(9-23)22-15(24)13-2-1-7-21-14(13)16(18,19)20/h1-7,12,23H,8-9H2,(H,22,24)/t12-/m1/s1. The van der Waals surface area contributed by atoms with Crippen LogP contribution in [0, 0.1) is 5.82 Å². The minimum absolute atomic E-state index is 0.143. The molecule has 0 aliphatic carbocycles. The van der Waals surface area contributed by atoms with E-state index in [0.717, 1.165) is 12.3 Å². The predicted molar refractivity (Wildman–Crippen MR) is 77.7 cm³/mol. The zero-order valence-electron chi connectivity index (χ0n) is 12.3. The molecule has 24 heavy (non-hydrogen) atoms. The molecule has 1 atom stereocenters. The van der Waals surface area contributed by atoms with Crippen LogP contribution < -0.4 is 5.32 Å². The highest BCUT2D eigenvalue weighted by atomic mass is 19.4. The van der Waals surface area contributed by atoms with E-state index in [9.17, 15) is 27.5 Å². The van der Waals surface area contributed by atoms with Crippen LogP contribution in [0.15, 0.2) is 42.6 Å². The first-order valence-electron chi connectivity index (χ1n) is 6.99. The molecule has 2 N–H and O–H groups in total. The number of aromatic nitrogens is 1. The van der Waals surface area contributed by atoms with E-state index in [4.69, 9.17) is 0 Å². The Bertz CT molecular complexity index is 702. The Morgan fingerprint density at radius 3 is 2.46 bits per heavy atom. The van der Waals surface area contributed by atoms with Crippen molar-refractivity contribution in [2.45, 2.75) is 18.6 Å². The van der Waals surface area contributed by atoms with Crippen molar-refractivity contribution in [3.8, 4) is 0 Å². The first kappa shape index (κ1) is 17.9. The summed E-state index contributed by atoms with van der Waals surface area (Å²) in [7, 11) is 0. The summed E-state index contributed by atoms with van der Waals surface area (Å²) in [5.74, 6) is -1.43. The van der Waals surface area contributed by atoms with Gasteiger partial charge >= 0.3 is 6.18 Å². The largest absolute Gasteiger partial charge is 0.434 e. The summed E-state index contributed by atoms with van der Waals surface area (Å²) in [5, 5.41) is 11.7. The van der Waals surface area contributed by atoms with Crippen molar-refractivity contribution in [1.29, 1.82) is 0 Å². The number of halogens is 4. The van der Waals surface area contributed by atoms with Crippen molar-refractivity contribution in [2.24, 2.45) is 0 Å². The molecule has 0 aliphatic rings. The van der Waals surface area contributed by atoms with Crippen LogP contribution in [0.2, 0.25) is 0 Å². The number of alkyl halides is 3. The molecule has 0 fully saturated rings. The summed E-state index contributed by atoms with van der Waals surface area (Å²) < 4.78 is 51.5. The Hall–Kier alpha value is -2.48. The molecule has 0 saturated heterocycles. The van der Waals surface area contributed by atoms with Gasteiger partial charge in [-0.15, -0.1) is 0 Å². The Morgan fingerprint density at radius 2 is 1.88 bits per heavy atom. The summed E-state index contributed by atoms with van der Waals surface area (Å²) in [5.41, 5.74) is -1.29. The molecule has 2 rings (SSSR count). The van der Waals surface area contributed by atoms with Crippen LogP contribution in [0.25, 0.3) is 0 Å².